The minimum atomic E-state index is 0.228. The predicted molar refractivity (Wildman–Crippen MR) is 94.2 cm³/mol. The van der Waals surface area contributed by atoms with E-state index in [0.29, 0.717) is 0 Å². The minimum Gasteiger partial charge on any atom is -0.334 e. The van der Waals surface area contributed by atoms with E-state index in [9.17, 15) is 4.79 Å². The Hall–Kier alpha value is -1.69. The van der Waals surface area contributed by atoms with Crippen molar-refractivity contribution < 1.29 is 4.79 Å². The fourth-order valence-electron chi connectivity index (χ4n) is 4.02. The van der Waals surface area contributed by atoms with Crippen molar-refractivity contribution in [3.63, 3.8) is 0 Å². The lowest BCUT2D eigenvalue weighted by atomic mass is 9.88. The van der Waals surface area contributed by atoms with E-state index in [2.05, 4.69) is 27.5 Å². The Labute approximate surface area is 146 Å². The number of likely N-dealkylation sites (tertiary alicyclic amines) is 1. The molecule has 0 N–H and O–H groups in total. The lowest BCUT2D eigenvalue weighted by Gasteiger charge is -2.36. The van der Waals surface area contributed by atoms with Crippen LogP contribution in [0.25, 0.3) is 0 Å². The topological polar surface area (TPSA) is 51.0 Å². The second-order valence-corrected chi connectivity index (χ2v) is 8.14. The van der Waals surface area contributed by atoms with Crippen molar-refractivity contribution in [1.82, 2.24) is 19.9 Å². The molecule has 1 aliphatic carbocycles. The number of hydrogen-bond donors (Lipinski definition) is 0. The Morgan fingerprint density at radius 2 is 2.29 bits per heavy atom. The quantitative estimate of drug-likeness (QED) is 0.859. The molecule has 0 saturated carbocycles. The molecule has 5 nitrogen and oxygen atoms in total. The third kappa shape index (κ3) is 2.99. The molecule has 2 aromatic rings. The van der Waals surface area contributed by atoms with Crippen LogP contribution in [0.3, 0.4) is 0 Å². The molecule has 0 bridgehead atoms. The van der Waals surface area contributed by atoms with Crippen molar-refractivity contribution in [2.75, 3.05) is 6.54 Å². The van der Waals surface area contributed by atoms with Gasteiger partial charge in [-0.3, -0.25) is 9.48 Å². The predicted octanol–water partition coefficient (Wildman–Crippen LogP) is 3.16. The highest BCUT2D eigenvalue weighted by molar-refractivity contribution is 7.10. The van der Waals surface area contributed by atoms with Crippen molar-refractivity contribution in [3.05, 3.63) is 33.8 Å². The molecular formula is C18H24N4OS. The highest BCUT2D eigenvalue weighted by atomic mass is 32.1. The zero-order valence-electron chi connectivity index (χ0n) is 14.1. The Bertz CT molecular complexity index is 709. The van der Waals surface area contributed by atoms with Gasteiger partial charge in [-0.1, -0.05) is 12.1 Å². The molecule has 2 aromatic heterocycles. The summed E-state index contributed by atoms with van der Waals surface area (Å²) in [6.07, 6.45) is 10.3. The van der Waals surface area contributed by atoms with Crippen molar-refractivity contribution in [3.8, 4) is 0 Å². The van der Waals surface area contributed by atoms with Crippen LogP contribution in [0.1, 0.15) is 53.4 Å². The van der Waals surface area contributed by atoms with Gasteiger partial charge in [0.1, 0.15) is 0 Å². The van der Waals surface area contributed by atoms with Gasteiger partial charge in [0, 0.05) is 23.0 Å². The van der Waals surface area contributed by atoms with E-state index in [1.54, 1.807) is 17.5 Å². The van der Waals surface area contributed by atoms with Crippen molar-refractivity contribution in [2.45, 2.75) is 58.0 Å². The number of amides is 1. The van der Waals surface area contributed by atoms with E-state index in [0.717, 1.165) is 50.3 Å². The standard InChI is InChI=1S/C18H24N4OS/c1-13-5-6-15-16(12-24-17(15)10-13)18(23)22-8-3-2-4-14(22)11-21-9-7-19-20-21/h7,9,12-14H,2-6,8,10-11H2,1H3. The van der Waals surface area contributed by atoms with Gasteiger partial charge in [0.05, 0.1) is 24.3 Å². The van der Waals surface area contributed by atoms with E-state index in [1.807, 2.05) is 10.9 Å². The van der Waals surface area contributed by atoms with Crippen LogP contribution in [0.2, 0.25) is 0 Å². The summed E-state index contributed by atoms with van der Waals surface area (Å²) in [5.74, 6) is 0.973. The van der Waals surface area contributed by atoms with Gasteiger partial charge in [0.25, 0.3) is 5.91 Å². The molecule has 1 amide bonds. The average Bonchev–Trinajstić information content (AvgIpc) is 3.24. The first-order chi connectivity index (χ1) is 11.7. The number of nitrogens with zero attached hydrogens (tertiary/aromatic N) is 4. The van der Waals surface area contributed by atoms with E-state index in [-0.39, 0.29) is 11.9 Å². The smallest absolute Gasteiger partial charge is 0.255 e. The molecule has 0 spiro atoms. The zero-order chi connectivity index (χ0) is 16.5. The fraction of sp³-hybridized carbons (Fsp3) is 0.611. The number of carbonyl (C=O) groups is 1. The zero-order valence-corrected chi connectivity index (χ0v) is 15.0. The van der Waals surface area contributed by atoms with Gasteiger partial charge in [-0.05, 0) is 50.0 Å². The summed E-state index contributed by atoms with van der Waals surface area (Å²) in [5, 5.41) is 10.1. The third-order valence-electron chi connectivity index (χ3n) is 5.39. The number of thiophene rings is 1. The minimum absolute atomic E-state index is 0.228. The Morgan fingerprint density at radius 3 is 3.12 bits per heavy atom. The van der Waals surface area contributed by atoms with Gasteiger partial charge in [-0.15, -0.1) is 16.4 Å². The van der Waals surface area contributed by atoms with Gasteiger partial charge in [-0.2, -0.15) is 0 Å². The Morgan fingerprint density at radius 1 is 1.38 bits per heavy atom. The maximum Gasteiger partial charge on any atom is 0.255 e. The molecule has 2 unspecified atom stereocenters. The van der Waals surface area contributed by atoms with E-state index in [4.69, 9.17) is 0 Å². The van der Waals surface area contributed by atoms with Crippen LogP contribution in [-0.2, 0) is 19.4 Å². The van der Waals surface area contributed by atoms with Crippen molar-refractivity contribution in [2.24, 2.45) is 5.92 Å². The van der Waals surface area contributed by atoms with Crippen molar-refractivity contribution >= 4 is 17.2 Å². The summed E-state index contributed by atoms with van der Waals surface area (Å²) in [7, 11) is 0. The van der Waals surface area contributed by atoms with Crippen LogP contribution in [0.5, 0.6) is 0 Å². The molecule has 1 fully saturated rings. The summed E-state index contributed by atoms with van der Waals surface area (Å²) >= 11 is 1.78. The van der Waals surface area contributed by atoms with Crippen LogP contribution in [0.15, 0.2) is 17.8 Å². The third-order valence-corrected chi connectivity index (χ3v) is 6.44. The molecule has 24 heavy (non-hydrogen) atoms. The lowest BCUT2D eigenvalue weighted by molar-refractivity contribution is 0.0582. The first-order valence-corrected chi connectivity index (χ1v) is 9.84. The first kappa shape index (κ1) is 15.8. The molecule has 6 heteroatoms. The molecule has 0 radical (unpaired) electrons. The monoisotopic (exact) mass is 344 g/mol. The highest BCUT2D eigenvalue weighted by Crippen LogP contribution is 2.34. The van der Waals surface area contributed by atoms with Crippen molar-refractivity contribution in [1.29, 1.82) is 0 Å². The SMILES string of the molecule is CC1CCc2c(C(=O)N3CCCCC3Cn3ccnn3)csc2C1. The van der Waals surface area contributed by atoms with Crippen LogP contribution < -0.4 is 0 Å². The highest BCUT2D eigenvalue weighted by Gasteiger charge is 2.31. The van der Waals surface area contributed by atoms with Gasteiger partial charge >= 0.3 is 0 Å². The number of rotatable bonds is 3. The van der Waals surface area contributed by atoms with E-state index >= 15 is 0 Å². The maximum atomic E-state index is 13.2. The van der Waals surface area contributed by atoms with Crippen LogP contribution in [0, 0.1) is 5.92 Å². The van der Waals surface area contributed by atoms with Crippen LogP contribution in [-0.4, -0.2) is 38.4 Å². The molecule has 1 aliphatic heterocycles. The second kappa shape index (κ2) is 6.67. The number of hydrogen-bond acceptors (Lipinski definition) is 4. The molecule has 4 rings (SSSR count). The maximum absolute atomic E-state index is 13.2. The number of fused-ring (bicyclic) bond motifs is 1. The molecule has 0 aromatic carbocycles. The summed E-state index contributed by atoms with van der Waals surface area (Å²) in [6, 6.07) is 0.228. The Kier molecular flexibility index (Phi) is 4.39. The number of carbonyl (C=O) groups excluding carboxylic acids is 1. The van der Waals surface area contributed by atoms with Gasteiger partial charge in [-0.25, -0.2) is 0 Å². The van der Waals surface area contributed by atoms with E-state index in [1.165, 1.54) is 23.3 Å². The van der Waals surface area contributed by atoms with Crippen LogP contribution >= 0.6 is 11.3 Å². The Balaban J connectivity index is 1.56. The molecular weight excluding hydrogens is 320 g/mol. The lowest BCUT2D eigenvalue weighted by Crippen LogP contribution is -2.46. The summed E-state index contributed by atoms with van der Waals surface area (Å²) < 4.78 is 1.85. The van der Waals surface area contributed by atoms with Gasteiger partial charge < -0.3 is 4.90 Å². The number of piperidine rings is 1. The van der Waals surface area contributed by atoms with Gasteiger partial charge in [0.2, 0.25) is 0 Å². The van der Waals surface area contributed by atoms with Crippen LogP contribution in [0.4, 0.5) is 0 Å². The van der Waals surface area contributed by atoms with Gasteiger partial charge in [0.15, 0.2) is 0 Å². The molecule has 3 heterocycles. The molecule has 1 saturated heterocycles. The fourth-order valence-corrected chi connectivity index (χ4v) is 5.25. The average molecular weight is 344 g/mol. The normalized spacial score (nSPS) is 24.0. The largest absolute Gasteiger partial charge is 0.334 e. The first-order valence-electron chi connectivity index (χ1n) is 8.96. The molecule has 2 atom stereocenters. The number of aromatic nitrogens is 3. The summed E-state index contributed by atoms with van der Waals surface area (Å²) in [6.45, 7) is 3.91. The summed E-state index contributed by atoms with van der Waals surface area (Å²) in [4.78, 5) is 16.8. The second-order valence-electron chi connectivity index (χ2n) is 7.17. The molecule has 2 aliphatic rings. The molecule has 128 valence electrons. The summed E-state index contributed by atoms with van der Waals surface area (Å²) in [5.41, 5.74) is 2.29. The van der Waals surface area contributed by atoms with E-state index < -0.39 is 0 Å².